The van der Waals surface area contributed by atoms with Crippen molar-refractivity contribution in [3.63, 3.8) is 0 Å². The van der Waals surface area contributed by atoms with Gasteiger partial charge in [-0.3, -0.25) is 0 Å². The molecule has 0 radical (unpaired) electrons. The minimum absolute atomic E-state index is 0.244. The number of aliphatic hydroxyl groups is 1. The van der Waals surface area contributed by atoms with Gasteiger partial charge in [-0.15, -0.1) is 0 Å². The Bertz CT molecular complexity index is 233. The highest BCUT2D eigenvalue weighted by Crippen LogP contribution is 2.09. The third kappa shape index (κ3) is 3.95. The molecule has 0 aliphatic heterocycles. The van der Waals surface area contributed by atoms with Gasteiger partial charge in [0.15, 0.2) is 0 Å². The van der Waals surface area contributed by atoms with Crippen LogP contribution in [0.15, 0.2) is 30.3 Å². The quantitative estimate of drug-likeness (QED) is 0.743. The third-order valence-corrected chi connectivity index (χ3v) is 1.88. The third-order valence-electron chi connectivity index (χ3n) is 1.88. The molecule has 0 spiro atoms. The first-order chi connectivity index (χ1) is 6.18. The molecular weight excluding hydrogens is 162 g/mol. The Balaban J connectivity index is 2.41. The second-order valence-electron chi connectivity index (χ2n) is 3.50. The minimum atomic E-state index is -0.244. The number of anilines is 1. The lowest BCUT2D eigenvalue weighted by molar-refractivity contribution is 0.179. The Morgan fingerprint density at radius 1 is 1.23 bits per heavy atom. The molecule has 2 heteroatoms. The van der Waals surface area contributed by atoms with Crippen LogP contribution in [-0.2, 0) is 0 Å². The van der Waals surface area contributed by atoms with E-state index in [9.17, 15) is 0 Å². The molecule has 0 heterocycles. The molecule has 0 aliphatic rings. The van der Waals surface area contributed by atoms with Gasteiger partial charge < -0.3 is 10.4 Å². The molecule has 0 aromatic heterocycles. The molecule has 0 amide bonds. The van der Waals surface area contributed by atoms with Crippen LogP contribution in [0.25, 0.3) is 0 Å². The van der Waals surface area contributed by atoms with Gasteiger partial charge in [-0.2, -0.15) is 0 Å². The maximum absolute atomic E-state index is 9.16. The van der Waals surface area contributed by atoms with Gasteiger partial charge in [0.05, 0.1) is 6.10 Å². The van der Waals surface area contributed by atoms with Crippen LogP contribution < -0.4 is 5.32 Å². The van der Waals surface area contributed by atoms with Crippen molar-refractivity contribution in [1.29, 1.82) is 0 Å². The lowest BCUT2D eigenvalue weighted by atomic mass is 10.1. The van der Waals surface area contributed by atoms with Crippen LogP contribution in [0.4, 0.5) is 5.69 Å². The number of hydrogen-bond acceptors (Lipinski definition) is 2. The second-order valence-corrected chi connectivity index (χ2v) is 3.50. The highest BCUT2D eigenvalue weighted by molar-refractivity contribution is 5.43. The molecular formula is C11H17NO. The second kappa shape index (κ2) is 4.87. The summed E-state index contributed by atoms with van der Waals surface area (Å²) in [6.07, 6.45) is 0.528. The number of hydrogen-bond donors (Lipinski definition) is 2. The molecule has 0 saturated heterocycles. The van der Waals surface area contributed by atoms with E-state index in [1.807, 2.05) is 37.3 Å². The molecule has 2 atom stereocenters. The molecule has 0 saturated carbocycles. The van der Waals surface area contributed by atoms with Gasteiger partial charge in [-0.1, -0.05) is 18.2 Å². The first kappa shape index (κ1) is 10.1. The van der Waals surface area contributed by atoms with Crippen molar-refractivity contribution in [2.24, 2.45) is 0 Å². The smallest absolute Gasteiger partial charge is 0.0531 e. The van der Waals surface area contributed by atoms with Crippen LogP contribution >= 0.6 is 0 Å². The Morgan fingerprint density at radius 3 is 2.38 bits per heavy atom. The van der Waals surface area contributed by atoms with Crippen molar-refractivity contribution in [2.45, 2.75) is 32.4 Å². The van der Waals surface area contributed by atoms with E-state index in [4.69, 9.17) is 5.11 Å². The first-order valence-electron chi connectivity index (χ1n) is 4.68. The Labute approximate surface area is 79.6 Å². The van der Waals surface area contributed by atoms with Crippen molar-refractivity contribution in [1.82, 2.24) is 0 Å². The molecule has 1 aromatic carbocycles. The number of benzene rings is 1. The van der Waals surface area contributed by atoms with E-state index in [0.29, 0.717) is 6.04 Å². The van der Waals surface area contributed by atoms with Crippen molar-refractivity contribution in [3.8, 4) is 0 Å². The maximum Gasteiger partial charge on any atom is 0.0531 e. The summed E-state index contributed by atoms with van der Waals surface area (Å²) >= 11 is 0. The number of rotatable bonds is 4. The largest absolute Gasteiger partial charge is 0.393 e. The molecule has 1 aromatic rings. The van der Waals surface area contributed by atoms with E-state index in [1.54, 1.807) is 0 Å². The van der Waals surface area contributed by atoms with Crippen LogP contribution in [0.2, 0.25) is 0 Å². The van der Waals surface area contributed by atoms with E-state index in [-0.39, 0.29) is 6.10 Å². The summed E-state index contributed by atoms with van der Waals surface area (Å²) < 4.78 is 0. The molecule has 13 heavy (non-hydrogen) atoms. The lowest BCUT2D eigenvalue weighted by Gasteiger charge is -2.16. The van der Waals surface area contributed by atoms with E-state index < -0.39 is 0 Å². The van der Waals surface area contributed by atoms with Crippen LogP contribution in [0.3, 0.4) is 0 Å². The van der Waals surface area contributed by atoms with Crippen molar-refractivity contribution in [2.75, 3.05) is 5.32 Å². The summed E-state index contributed by atoms with van der Waals surface area (Å²) in [5.41, 5.74) is 1.11. The summed E-state index contributed by atoms with van der Waals surface area (Å²) in [5, 5.41) is 12.5. The van der Waals surface area contributed by atoms with Crippen LogP contribution in [0.5, 0.6) is 0 Å². The van der Waals surface area contributed by atoms with Gasteiger partial charge in [0, 0.05) is 11.7 Å². The molecule has 0 bridgehead atoms. The molecule has 72 valence electrons. The highest BCUT2D eigenvalue weighted by atomic mass is 16.3. The summed E-state index contributed by atoms with van der Waals surface area (Å²) in [6, 6.07) is 10.3. The Hall–Kier alpha value is -1.02. The molecule has 2 nitrogen and oxygen atoms in total. The fraction of sp³-hybridized carbons (Fsp3) is 0.455. The van der Waals surface area contributed by atoms with E-state index in [2.05, 4.69) is 12.2 Å². The average Bonchev–Trinajstić information content (AvgIpc) is 2.04. The van der Waals surface area contributed by atoms with Gasteiger partial charge in [0.2, 0.25) is 0 Å². The van der Waals surface area contributed by atoms with E-state index in [0.717, 1.165) is 12.1 Å². The topological polar surface area (TPSA) is 32.3 Å². The zero-order chi connectivity index (χ0) is 9.68. The Morgan fingerprint density at radius 2 is 1.85 bits per heavy atom. The van der Waals surface area contributed by atoms with Crippen LogP contribution in [-0.4, -0.2) is 17.3 Å². The molecule has 0 fully saturated rings. The van der Waals surface area contributed by atoms with E-state index in [1.165, 1.54) is 0 Å². The molecule has 2 N–H and O–H groups in total. The summed E-state index contributed by atoms with van der Waals surface area (Å²) in [5.74, 6) is 0. The van der Waals surface area contributed by atoms with Crippen LogP contribution in [0, 0.1) is 0 Å². The zero-order valence-electron chi connectivity index (χ0n) is 8.20. The number of aliphatic hydroxyl groups excluding tert-OH is 1. The van der Waals surface area contributed by atoms with Crippen molar-refractivity contribution in [3.05, 3.63) is 30.3 Å². The SMILES string of the molecule is C[C@H](O)C[C@@H](C)Nc1ccccc1. The summed E-state index contributed by atoms with van der Waals surface area (Å²) in [7, 11) is 0. The Kier molecular flexibility index (Phi) is 3.77. The number of nitrogens with one attached hydrogen (secondary N) is 1. The van der Waals surface area contributed by atoms with E-state index >= 15 is 0 Å². The fourth-order valence-corrected chi connectivity index (χ4v) is 1.39. The summed E-state index contributed by atoms with van der Waals surface area (Å²) in [6.45, 7) is 3.88. The normalized spacial score (nSPS) is 15.0. The fourth-order valence-electron chi connectivity index (χ4n) is 1.39. The monoisotopic (exact) mass is 179 g/mol. The van der Waals surface area contributed by atoms with Gasteiger partial charge in [0.25, 0.3) is 0 Å². The molecule has 1 rings (SSSR count). The van der Waals surface area contributed by atoms with Crippen molar-refractivity contribution < 1.29 is 5.11 Å². The molecule has 0 aliphatic carbocycles. The van der Waals surface area contributed by atoms with Gasteiger partial charge >= 0.3 is 0 Å². The van der Waals surface area contributed by atoms with Gasteiger partial charge in [-0.25, -0.2) is 0 Å². The predicted octanol–water partition coefficient (Wildman–Crippen LogP) is 2.26. The average molecular weight is 179 g/mol. The summed E-state index contributed by atoms with van der Waals surface area (Å²) in [4.78, 5) is 0. The predicted molar refractivity (Wildman–Crippen MR) is 55.8 cm³/mol. The molecule has 0 unspecified atom stereocenters. The van der Waals surface area contributed by atoms with Crippen molar-refractivity contribution >= 4 is 5.69 Å². The van der Waals surface area contributed by atoms with Crippen LogP contribution in [0.1, 0.15) is 20.3 Å². The minimum Gasteiger partial charge on any atom is -0.393 e. The van der Waals surface area contributed by atoms with Gasteiger partial charge in [-0.05, 0) is 32.4 Å². The zero-order valence-corrected chi connectivity index (χ0v) is 8.20. The number of para-hydroxylation sites is 1. The standard InChI is InChI=1S/C11H17NO/c1-9(8-10(2)13)12-11-6-4-3-5-7-11/h3-7,9-10,12-13H,8H2,1-2H3/t9-,10+/m1/s1. The van der Waals surface area contributed by atoms with Gasteiger partial charge in [0.1, 0.15) is 0 Å². The lowest BCUT2D eigenvalue weighted by Crippen LogP contribution is -2.20. The first-order valence-corrected chi connectivity index (χ1v) is 4.68. The maximum atomic E-state index is 9.16. The highest BCUT2D eigenvalue weighted by Gasteiger charge is 2.04.